The quantitative estimate of drug-likeness (QED) is 0.735. The molecule has 0 unspecified atom stereocenters. The summed E-state index contributed by atoms with van der Waals surface area (Å²) in [4.78, 5) is 14.3. The molecule has 1 aromatic heterocycles. The van der Waals surface area contributed by atoms with E-state index >= 15 is 0 Å². The van der Waals surface area contributed by atoms with Crippen molar-refractivity contribution in [2.75, 3.05) is 6.67 Å². The fraction of sp³-hybridized carbons (Fsp3) is 0.429. The molecular formula is C7H9FN2O2. The molecule has 4 nitrogen and oxygen atoms in total. The molecule has 0 aliphatic carbocycles. The third-order valence-corrected chi connectivity index (χ3v) is 1.58. The Bertz CT molecular complexity index is 296. The van der Waals surface area contributed by atoms with E-state index in [0.717, 1.165) is 0 Å². The summed E-state index contributed by atoms with van der Waals surface area (Å²) in [5, 5.41) is 8.62. The van der Waals surface area contributed by atoms with Crippen LogP contribution in [-0.2, 0) is 6.54 Å². The van der Waals surface area contributed by atoms with Crippen molar-refractivity contribution in [3.63, 3.8) is 0 Å². The molecule has 1 heterocycles. The lowest BCUT2D eigenvalue weighted by atomic mass is 10.4. The van der Waals surface area contributed by atoms with Gasteiger partial charge in [0, 0.05) is 0 Å². The van der Waals surface area contributed by atoms with Gasteiger partial charge in [0.05, 0.1) is 12.7 Å². The molecule has 0 aromatic carbocycles. The highest BCUT2D eigenvalue weighted by molar-refractivity contribution is 5.85. The predicted octanol–water partition coefficient (Wildman–Crippen LogP) is 0.859. The van der Waals surface area contributed by atoms with Crippen molar-refractivity contribution in [1.29, 1.82) is 0 Å². The number of aryl methyl sites for hydroxylation is 1. The molecule has 0 spiro atoms. The first-order valence-corrected chi connectivity index (χ1v) is 3.48. The minimum absolute atomic E-state index is 0.0325. The number of aromatic nitrogens is 2. The summed E-state index contributed by atoms with van der Waals surface area (Å²) in [5.74, 6) is -0.561. The van der Waals surface area contributed by atoms with Crippen molar-refractivity contribution in [1.82, 2.24) is 9.55 Å². The molecule has 0 radical (unpaired) electrons. The van der Waals surface area contributed by atoms with E-state index in [-0.39, 0.29) is 12.2 Å². The first kappa shape index (κ1) is 8.70. The molecule has 0 saturated carbocycles. The van der Waals surface area contributed by atoms with Crippen molar-refractivity contribution in [3.05, 3.63) is 17.7 Å². The van der Waals surface area contributed by atoms with E-state index in [2.05, 4.69) is 4.98 Å². The minimum atomic E-state index is -1.08. The normalized spacial score (nSPS) is 10.2. The Labute approximate surface area is 68.7 Å². The number of imidazole rings is 1. The molecule has 0 bridgehead atoms. The number of carbonyl (C=O) groups is 1. The van der Waals surface area contributed by atoms with E-state index in [4.69, 9.17) is 5.11 Å². The Morgan fingerprint density at radius 3 is 3.00 bits per heavy atom. The van der Waals surface area contributed by atoms with Crippen LogP contribution in [0.5, 0.6) is 0 Å². The van der Waals surface area contributed by atoms with Crippen LogP contribution in [0.1, 0.15) is 16.3 Å². The van der Waals surface area contributed by atoms with E-state index < -0.39 is 12.6 Å². The number of rotatable bonds is 3. The lowest BCUT2D eigenvalue weighted by molar-refractivity contribution is 0.0684. The Morgan fingerprint density at radius 2 is 2.50 bits per heavy atom. The van der Waals surface area contributed by atoms with Gasteiger partial charge in [-0.15, -0.1) is 0 Å². The van der Waals surface area contributed by atoms with Crippen LogP contribution >= 0.6 is 0 Å². The largest absolute Gasteiger partial charge is 0.477 e. The van der Waals surface area contributed by atoms with Crippen molar-refractivity contribution < 1.29 is 14.3 Å². The fourth-order valence-corrected chi connectivity index (χ4v) is 1.01. The first-order chi connectivity index (χ1) is 5.66. The maximum atomic E-state index is 11.9. The number of halogens is 1. The number of alkyl halides is 1. The SMILES string of the molecule is Cc1ncc(C(=O)O)n1CCF. The van der Waals surface area contributed by atoms with Gasteiger partial charge in [-0.1, -0.05) is 0 Å². The molecule has 66 valence electrons. The second kappa shape index (κ2) is 3.34. The van der Waals surface area contributed by atoms with Gasteiger partial charge in [-0.2, -0.15) is 0 Å². The van der Waals surface area contributed by atoms with Gasteiger partial charge in [-0.3, -0.25) is 0 Å². The molecule has 0 fully saturated rings. The maximum Gasteiger partial charge on any atom is 0.354 e. The second-order valence-electron chi connectivity index (χ2n) is 2.34. The van der Waals surface area contributed by atoms with Crippen LogP contribution < -0.4 is 0 Å². The number of hydrogen-bond donors (Lipinski definition) is 1. The topological polar surface area (TPSA) is 55.1 Å². The Kier molecular flexibility index (Phi) is 2.42. The third kappa shape index (κ3) is 1.44. The monoisotopic (exact) mass is 172 g/mol. The van der Waals surface area contributed by atoms with Gasteiger partial charge in [0.2, 0.25) is 0 Å². The van der Waals surface area contributed by atoms with Crippen LogP contribution in [0.15, 0.2) is 6.20 Å². The number of hydrogen-bond acceptors (Lipinski definition) is 2. The molecule has 5 heteroatoms. The van der Waals surface area contributed by atoms with E-state index in [9.17, 15) is 9.18 Å². The summed E-state index contributed by atoms with van der Waals surface area (Å²) in [6, 6.07) is 0. The lowest BCUT2D eigenvalue weighted by Crippen LogP contribution is -2.10. The van der Waals surface area contributed by atoms with Gasteiger partial charge in [0.25, 0.3) is 0 Å². The van der Waals surface area contributed by atoms with Crippen LogP contribution in [-0.4, -0.2) is 27.3 Å². The van der Waals surface area contributed by atoms with Gasteiger partial charge in [0.15, 0.2) is 0 Å². The van der Waals surface area contributed by atoms with Gasteiger partial charge < -0.3 is 9.67 Å². The molecule has 12 heavy (non-hydrogen) atoms. The van der Waals surface area contributed by atoms with Crippen LogP contribution in [0.3, 0.4) is 0 Å². The highest BCUT2D eigenvalue weighted by Crippen LogP contribution is 2.04. The van der Waals surface area contributed by atoms with Crippen LogP contribution in [0.2, 0.25) is 0 Å². The smallest absolute Gasteiger partial charge is 0.354 e. The number of carboxylic acids is 1. The first-order valence-electron chi connectivity index (χ1n) is 3.48. The van der Waals surface area contributed by atoms with Crippen LogP contribution in [0.25, 0.3) is 0 Å². The van der Waals surface area contributed by atoms with Crippen molar-refractivity contribution >= 4 is 5.97 Å². The van der Waals surface area contributed by atoms with Gasteiger partial charge in [0.1, 0.15) is 18.2 Å². The molecule has 1 rings (SSSR count). The van der Waals surface area contributed by atoms with Gasteiger partial charge in [-0.25, -0.2) is 14.2 Å². The van der Waals surface area contributed by atoms with Gasteiger partial charge in [-0.05, 0) is 6.92 Å². The van der Waals surface area contributed by atoms with E-state index in [1.807, 2.05) is 0 Å². The van der Waals surface area contributed by atoms with Crippen LogP contribution in [0, 0.1) is 6.92 Å². The van der Waals surface area contributed by atoms with Crippen molar-refractivity contribution in [3.8, 4) is 0 Å². The number of carboxylic acid groups (broad SMARTS) is 1. The van der Waals surface area contributed by atoms with Crippen LogP contribution in [0.4, 0.5) is 4.39 Å². The zero-order valence-corrected chi connectivity index (χ0v) is 6.62. The molecule has 1 aromatic rings. The van der Waals surface area contributed by atoms with Crippen molar-refractivity contribution in [2.24, 2.45) is 0 Å². The minimum Gasteiger partial charge on any atom is -0.477 e. The third-order valence-electron chi connectivity index (χ3n) is 1.58. The molecule has 0 aliphatic heterocycles. The summed E-state index contributed by atoms with van der Waals surface area (Å²) in [7, 11) is 0. The highest BCUT2D eigenvalue weighted by Gasteiger charge is 2.11. The summed E-state index contributed by atoms with van der Waals surface area (Å²) >= 11 is 0. The second-order valence-corrected chi connectivity index (χ2v) is 2.34. The van der Waals surface area contributed by atoms with Crippen molar-refractivity contribution in [2.45, 2.75) is 13.5 Å². The number of nitrogens with zero attached hydrogens (tertiary/aromatic N) is 2. The highest BCUT2D eigenvalue weighted by atomic mass is 19.1. The average Bonchev–Trinajstić information content (AvgIpc) is 2.34. The molecule has 0 saturated heterocycles. The Balaban J connectivity index is 3.03. The lowest BCUT2D eigenvalue weighted by Gasteiger charge is -2.03. The van der Waals surface area contributed by atoms with E-state index in [0.29, 0.717) is 5.82 Å². The molecule has 0 aliphatic rings. The maximum absolute atomic E-state index is 11.9. The standard InChI is InChI=1S/C7H9FN2O2/c1-5-9-4-6(7(11)12)10(5)3-2-8/h4H,2-3H2,1H3,(H,11,12). The Morgan fingerprint density at radius 1 is 1.83 bits per heavy atom. The fourth-order valence-electron chi connectivity index (χ4n) is 1.01. The summed E-state index contributed by atoms with van der Waals surface area (Å²) in [6.07, 6.45) is 1.23. The Hall–Kier alpha value is -1.39. The van der Waals surface area contributed by atoms with E-state index in [1.54, 1.807) is 6.92 Å². The summed E-state index contributed by atoms with van der Waals surface area (Å²) < 4.78 is 13.3. The molecule has 0 atom stereocenters. The molecular weight excluding hydrogens is 163 g/mol. The number of aromatic carboxylic acids is 1. The van der Waals surface area contributed by atoms with Gasteiger partial charge >= 0.3 is 5.97 Å². The summed E-state index contributed by atoms with van der Waals surface area (Å²) in [6.45, 7) is 1.10. The zero-order valence-electron chi connectivity index (χ0n) is 6.62. The van der Waals surface area contributed by atoms with E-state index in [1.165, 1.54) is 10.8 Å². The predicted molar refractivity (Wildman–Crippen MR) is 39.9 cm³/mol. The average molecular weight is 172 g/mol. The molecule has 0 amide bonds. The molecule has 1 N–H and O–H groups in total. The zero-order chi connectivity index (χ0) is 9.14. The summed E-state index contributed by atoms with van der Waals surface area (Å²) in [5.41, 5.74) is 0.0325.